The molecule has 0 spiro atoms. The summed E-state index contributed by atoms with van der Waals surface area (Å²) in [6.07, 6.45) is 10.9. The molecule has 1 aromatic carbocycles. The zero-order valence-corrected chi connectivity index (χ0v) is 16.1. The molecule has 0 aliphatic carbocycles. The Bertz CT molecular complexity index is 548. The van der Waals surface area contributed by atoms with Crippen LogP contribution in [0.1, 0.15) is 70.3 Å². The highest BCUT2D eigenvalue weighted by atomic mass is 16.6. The first-order valence-electron chi connectivity index (χ1n) is 10.4. The van der Waals surface area contributed by atoms with Crippen LogP contribution in [0.3, 0.4) is 0 Å². The van der Waals surface area contributed by atoms with Crippen molar-refractivity contribution in [2.24, 2.45) is 0 Å². The molecule has 0 N–H and O–H groups in total. The predicted octanol–water partition coefficient (Wildman–Crippen LogP) is 5.31. The summed E-state index contributed by atoms with van der Waals surface area (Å²) in [5, 5.41) is 0. The number of carbonyl (C=O) groups excluding carboxylic acids is 1. The maximum absolute atomic E-state index is 11.9. The molecule has 0 aromatic heterocycles. The van der Waals surface area contributed by atoms with Gasteiger partial charge in [-0.15, -0.1) is 0 Å². The molecule has 144 valence electrons. The summed E-state index contributed by atoms with van der Waals surface area (Å²) < 4.78 is 11.1. The molecule has 1 amide bonds. The molecular weight excluding hydrogens is 326 g/mol. The lowest BCUT2D eigenvalue weighted by atomic mass is 10.0. The van der Waals surface area contributed by atoms with Gasteiger partial charge >= 0.3 is 6.09 Å². The largest absolute Gasteiger partial charge is 0.444 e. The topological polar surface area (TPSA) is 38.8 Å². The second-order valence-electron chi connectivity index (χ2n) is 7.74. The molecule has 4 nitrogen and oxygen atoms in total. The monoisotopic (exact) mass is 359 g/mol. The summed E-state index contributed by atoms with van der Waals surface area (Å²) in [6, 6.07) is 11.1. The first kappa shape index (κ1) is 19.2. The standard InChI is InChI=1S/C22H33NO3/c1-18-21-15-14-20(23(21)22(24)26-18)13-9-4-2-3-5-10-16-25-17-19-11-7-6-8-12-19/h6-8,11-12,18,20-21H,2-5,9-10,13-17H2,1H3/t18-,20-,21-/m0/s1. The number of cyclic esters (lactones) is 1. The number of benzene rings is 1. The molecule has 2 heterocycles. The number of fused-ring (bicyclic) bond motifs is 1. The van der Waals surface area contributed by atoms with Crippen molar-refractivity contribution in [1.29, 1.82) is 0 Å². The number of ether oxygens (including phenoxy) is 2. The van der Waals surface area contributed by atoms with Crippen LogP contribution in [0.4, 0.5) is 4.79 Å². The first-order chi connectivity index (χ1) is 12.8. The highest BCUT2D eigenvalue weighted by Crippen LogP contribution is 2.35. The molecule has 0 unspecified atom stereocenters. The zero-order valence-electron chi connectivity index (χ0n) is 16.1. The van der Waals surface area contributed by atoms with Gasteiger partial charge in [0.25, 0.3) is 0 Å². The van der Waals surface area contributed by atoms with E-state index in [0.717, 1.165) is 38.9 Å². The molecule has 2 saturated heterocycles. The first-order valence-corrected chi connectivity index (χ1v) is 10.4. The van der Waals surface area contributed by atoms with Crippen LogP contribution < -0.4 is 0 Å². The Balaban J connectivity index is 1.16. The van der Waals surface area contributed by atoms with Crippen molar-refractivity contribution >= 4 is 6.09 Å². The quantitative estimate of drug-likeness (QED) is 0.503. The molecule has 1 aromatic rings. The molecule has 0 saturated carbocycles. The van der Waals surface area contributed by atoms with E-state index in [0.29, 0.717) is 12.1 Å². The fourth-order valence-corrected chi connectivity index (χ4v) is 4.29. The molecule has 0 radical (unpaired) electrons. The van der Waals surface area contributed by atoms with Crippen LogP contribution in [0.5, 0.6) is 0 Å². The van der Waals surface area contributed by atoms with Gasteiger partial charge in [0.1, 0.15) is 6.10 Å². The van der Waals surface area contributed by atoms with E-state index in [1.807, 2.05) is 17.9 Å². The van der Waals surface area contributed by atoms with E-state index in [9.17, 15) is 4.79 Å². The summed E-state index contributed by atoms with van der Waals surface area (Å²) in [6.45, 7) is 3.60. The van der Waals surface area contributed by atoms with Crippen molar-refractivity contribution in [2.45, 2.75) is 89.5 Å². The Hall–Kier alpha value is -1.55. The van der Waals surface area contributed by atoms with Crippen LogP contribution in [-0.2, 0) is 16.1 Å². The maximum Gasteiger partial charge on any atom is 0.410 e. The highest BCUT2D eigenvalue weighted by Gasteiger charge is 2.46. The van der Waals surface area contributed by atoms with Crippen molar-refractivity contribution in [2.75, 3.05) is 6.61 Å². The van der Waals surface area contributed by atoms with Gasteiger partial charge in [-0.25, -0.2) is 4.79 Å². The van der Waals surface area contributed by atoms with Crippen molar-refractivity contribution < 1.29 is 14.3 Å². The summed E-state index contributed by atoms with van der Waals surface area (Å²) in [5.41, 5.74) is 1.25. The molecule has 3 rings (SSSR count). The number of carbonyl (C=O) groups is 1. The number of nitrogens with zero attached hydrogens (tertiary/aromatic N) is 1. The van der Waals surface area contributed by atoms with E-state index >= 15 is 0 Å². The van der Waals surface area contributed by atoms with Gasteiger partial charge in [0, 0.05) is 12.6 Å². The second kappa shape index (κ2) is 9.96. The minimum atomic E-state index is -0.0829. The minimum Gasteiger partial charge on any atom is -0.444 e. The number of unbranched alkanes of at least 4 members (excludes halogenated alkanes) is 5. The van der Waals surface area contributed by atoms with E-state index < -0.39 is 0 Å². The van der Waals surface area contributed by atoms with E-state index in [1.54, 1.807) is 0 Å². The van der Waals surface area contributed by atoms with Crippen LogP contribution in [0.15, 0.2) is 30.3 Å². The van der Waals surface area contributed by atoms with E-state index in [4.69, 9.17) is 9.47 Å². The second-order valence-corrected chi connectivity index (χ2v) is 7.74. The van der Waals surface area contributed by atoms with Gasteiger partial charge in [0.05, 0.1) is 12.6 Å². The van der Waals surface area contributed by atoms with Crippen molar-refractivity contribution in [3.8, 4) is 0 Å². The summed E-state index contributed by atoms with van der Waals surface area (Å²) in [7, 11) is 0. The highest BCUT2D eigenvalue weighted by molar-refractivity contribution is 5.71. The zero-order chi connectivity index (χ0) is 18.2. The molecule has 2 aliphatic heterocycles. The van der Waals surface area contributed by atoms with Crippen molar-refractivity contribution in [3.63, 3.8) is 0 Å². The van der Waals surface area contributed by atoms with E-state index in [2.05, 4.69) is 24.3 Å². The van der Waals surface area contributed by atoms with Gasteiger partial charge < -0.3 is 9.47 Å². The average Bonchev–Trinajstić information content (AvgIpc) is 3.19. The van der Waals surface area contributed by atoms with Crippen LogP contribution in [0.25, 0.3) is 0 Å². The molecule has 3 atom stereocenters. The van der Waals surface area contributed by atoms with Crippen LogP contribution in [0, 0.1) is 0 Å². The smallest absolute Gasteiger partial charge is 0.410 e. The van der Waals surface area contributed by atoms with Gasteiger partial charge in [-0.05, 0) is 38.2 Å². The van der Waals surface area contributed by atoms with Gasteiger partial charge in [-0.1, -0.05) is 62.4 Å². The molecular formula is C22H33NO3. The van der Waals surface area contributed by atoms with Crippen LogP contribution in [-0.4, -0.2) is 35.8 Å². The maximum atomic E-state index is 11.9. The third kappa shape index (κ3) is 5.23. The Labute approximate surface area is 157 Å². The SMILES string of the molecule is C[C@@H]1OC(=O)N2[C@@H](CCCCCCCCOCc3ccccc3)CC[C@@H]12. The lowest BCUT2D eigenvalue weighted by Crippen LogP contribution is -2.36. The van der Waals surface area contributed by atoms with Gasteiger partial charge in [-0.3, -0.25) is 4.90 Å². The Morgan fingerprint density at radius 1 is 1.04 bits per heavy atom. The molecule has 2 aliphatic rings. The third-order valence-corrected chi connectivity index (χ3v) is 5.77. The predicted molar refractivity (Wildman–Crippen MR) is 103 cm³/mol. The average molecular weight is 360 g/mol. The normalized spacial score (nSPS) is 24.7. The summed E-state index contributed by atoms with van der Waals surface area (Å²) >= 11 is 0. The van der Waals surface area contributed by atoms with Crippen LogP contribution >= 0.6 is 0 Å². The third-order valence-electron chi connectivity index (χ3n) is 5.77. The number of rotatable bonds is 11. The Kier molecular flexibility index (Phi) is 7.36. The fourth-order valence-electron chi connectivity index (χ4n) is 4.29. The molecule has 0 bridgehead atoms. The number of amides is 1. The van der Waals surface area contributed by atoms with Gasteiger partial charge in [0.2, 0.25) is 0 Å². The number of hydrogen-bond acceptors (Lipinski definition) is 3. The summed E-state index contributed by atoms with van der Waals surface area (Å²) in [5.74, 6) is 0. The minimum absolute atomic E-state index is 0.0802. The molecule has 4 heteroatoms. The molecule has 26 heavy (non-hydrogen) atoms. The van der Waals surface area contributed by atoms with Crippen molar-refractivity contribution in [3.05, 3.63) is 35.9 Å². The Morgan fingerprint density at radius 3 is 2.58 bits per heavy atom. The van der Waals surface area contributed by atoms with E-state index in [-0.39, 0.29) is 12.2 Å². The summed E-state index contributed by atoms with van der Waals surface area (Å²) in [4.78, 5) is 13.9. The number of hydrogen-bond donors (Lipinski definition) is 0. The fraction of sp³-hybridized carbons (Fsp3) is 0.682. The molecule has 2 fully saturated rings. The Morgan fingerprint density at radius 2 is 1.77 bits per heavy atom. The lowest BCUT2D eigenvalue weighted by Gasteiger charge is -2.21. The van der Waals surface area contributed by atoms with Gasteiger partial charge in [-0.2, -0.15) is 0 Å². The van der Waals surface area contributed by atoms with Crippen LogP contribution in [0.2, 0.25) is 0 Å². The van der Waals surface area contributed by atoms with Crippen molar-refractivity contribution in [1.82, 2.24) is 4.90 Å². The van der Waals surface area contributed by atoms with Gasteiger partial charge in [0.15, 0.2) is 0 Å². The van der Waals surface area contributed by atoms with E-state index in [1.165, 1.54) is 37.7 Å². The lowest BCUT2D eigenvalue weighted by molar-refractivity contribution is 0.116.